The van der Waals surface area contributed by atoms with Crippen LogP contribution in [0, 0.1) is 5.92 Å². The molecule has 0 atom stereocenters. The number of guanidine groups is 1. The van der Waals surface area contributed by atoms with Gasteiger partial charge in [0.05, 0.1) is 13.7 Å². The van der Waals surface area contributed by atoms with E-state index in [1.54, 1.807) is 21.2 Å². The van der Waals surface area contributed by atoms with Crippen LogP contribution in [0.25, 0.3) is 0 Å². The Kier molecular flexibility index (Phi) is 15.4. The molecule has 166 valence electrons. The number of carbonyl (C=O) groups excluding carboxylic acids is 1. The van der Waals surface area contributed by atoms with Crippen LogP contribution in [0.4, 0.5) is 0 Å². The SMILES string of the molecule is COc1ccc(CCNC(=NCC(=O)N(C)C)NCCOCCC(C)C)cc1.I. The van der Waals surface area contributed by atoms with Crippen molar-refractivity contribution in [3.05, 3.63) is 29.8 Å². The lowest BCUT2D eigenvalue weighted by Gasteiger charge is -2.14. The molecule has 8 heteroatoms. The number of likely N-dealkylation sites (N-methyl/N-ethyl adjacent to an activating group) is 1. The van der Waals surface area contributed by atoms with Gasteiger partial charge in [-0.15, -0.1) is 24.0 Å². The van der Waals surface area contributed by atoms with Crippen molar-refractivity contribution in [1.82, 2.24) is 15.5 Å². The van der Waals surface area contributed by atoms with Gasteiger partial charge in [-0.2, -0.15) is 0 Å². The lowest BCUT2D eigenvalue weighted by Crippen LogP contribution is -2.41. The molecular weight excluding hydrogens is 483 g/mol. The summed E-state index contributed by atoms with van der Waals surface area (Å²) < 4.78 is 10.8. The average Bonchev–Trinajstić information content (AvgIpc) is 2.68. The highest BCUT2D eigenvalue weighted by Crippen LogP contribution is 2.11. The fraction of sp³-hybridized carbons (Fsp3) is 0.619. The zero-order valence-electron chi connectivity index (χ0n) is 18.4. The van der Waals surface area contributed by atoms with Crippen molar-refractivity contribution in [3.8, 4) is 5.75 Å². The number of methoxy groups -OCH3 is 1. The predicted octanol–water partition coefficient (Wildman–Crippen LogP) is 2.54. The van der Waals surface area contributed by atoms with E-state index in [4.69, 9.17) is 9.47 Å². The van der Waals surface area contributed by atoms with Crippen LogP contribution in [0.3, 0.4) is 0 Å². The summed E-state index contributed by atoms with van der Waals surface area (Å²) in [6, 6.07) is 7.99. The third-order valence-electron chi connectivity index (χ3n) is 4.11. The number of amides is 1. The highest BCUT2D eigenvalue weighted by Gasteiger charge is 2.05. The molecule has 1 aromatic rings. The number of ether oxygens (including phenoxy) is 2. The first-order chi connectivity index (χ1) is 13.4. The van der Waals surface area contributed by atoms with Gasteiger partial charge in [0, 0.05) is 33.8 Å². The Morgan fingerprint density at radius 2 is 1.76 bits per heavy atom. The minimum atomic E-state index is -0.0376. The van der Waals surface area contributed by atoms with Crippen molar-refractivity contribution in [3.63, 3.8) is 0 Å². The molecular formula is C21H37IN4O3. The molecule has 0 unspecified atom stereocenters. The summed E-state index contributed by atoms with van der Waals surface area (Å²) in [5, 5.41) is 6.51. The van der Waals surface area contributed by atoms with Gasteiger partial charge >= 0.3 is 0 Å². The Labute approximate surface area is 192 Å². The molecule has 0 aliphatic rings. The highest BCUT2D eigenvalue weighted by atomic mass is 127. The molecule has 7 nitrogen and oxygen atoms in total. The van der Waals surface area contributed by atoms with Crippen molar-refractivity contribution >= 4 is 35.8 Å². The fourth-order valence-corrected chi connectivity index (χ4v) is 2.24. The number of nitrogens with zero attached hydrogens (tertiary/aromatic N) is 2. The fourth-order valence-electron chi connectivity index (χ4n) is 2.24. The van der Waals surface area contributed by atoms with Crippen molar-refractivity contribution in [2.45, 2.75) is 26.7 Å². The van der Waals surface area contributed by atoms with Crippen LogP contribution in [0.2, 0.25) is 0 Å². The topological polar surface area (TPSA) is 75.2 Å². The molecule has 1 rings (SSSR count). The van der Waals surface area contributed by atoms with Gasteiger partial charge < -0.3 is 25.0 Å². The zero-order chi connectivity index (χ0) is 20.8. The highest BCUT2D eigenvalue weighted by molar-refractivity contribution is 14.0. The summed E-state index contributed by atoms with van der Waals surface area (Å²) in [6.45, 7) is 7.19. The van der Waals surface area contributed by atoms with E-state index in [0.717, 1.165) is 25.2 Å². The van der Waals surface area contributed by atoms with Gasteiger partial charge in [-0.25, -0.2) is 4.99 Å². The predicted molar refractivity (Wildman–Crippen MR) is 129 cm³/mol. The first-order valence-electron chi connectivity index (χ1n) is 9.85. The molecule has 0 saturated heterocycles. The Hall–Kier alpha value is -1.55. The Morgan fingerprint density at radius 1 is 1.10 bits per heavy atom. The third-order valence-corrected chi connectivity index (χ3v) is 4.11. The van der Waals surface area contributed by atoms with Crippen molar-refractivity contribution in [2.75, 3.05) is 54.1 Å². The maximum absolute atomic E-state index is 11.8. The van der Waals surface area contributed by atoms with Crippen molar-refractivity contribution in [2.24, 2.45) is 10.9 Å². The van der Waals surface area contributed by atoms with Crippen molar-refractivity contribution < 1.29 is 14.3 Å². The molecule has 1 aromatic carbocycles. The molecule has 0 heterocycles. The Morgan fingerprint density at radius 3 is 2.34 bits per heavy atom. The van der Waals surface area contributed by atoms with Gasteiger partial charge in [-0.3, -0.25) is 4.79 Å². The van der Waals surface area contributed by atoms with E-state index in [-0.39, 0.29) is 36.4 Å². The molecule has 0 fully saturated rings. The van der Waals surface area contributed by atoms with Crippen molar-refractivity contribution in [1.29, 1.82) is 0 Å². The van der Waals surface area contributed by atoms with Gasteiger partial charge in [0.2, 0.25) is 5.91 Å². The van der Waals surface area contributed by atoms with Gasteiger partial charge in [-0.1, -0.05) is 26.0 Å². The lowest BCUT2D eigenvalue weighted by molar-refractivity contribution is -0.127. The molecule has 0 bridgehead atoms. The van der Waals surface area contributed by atoms with E-state index in [1.165, 1.54) is 10.5 Å². The van der Waals surface area contributed by atoms with Crippen LogP contribution in [0.1, 0.15) is 25.8 Å². The largest absolute Gasteiger partial charge is 0.497 e. The molecule has 0 spiro atoms. The van der Waals surface area contributed by atoms with Gasteiger partial charge in [-0.05, 0) is 36.5 Å². The van der Waals surface area contributed by atoms with E-state index in [9.17, 15) is 4.79 Å². The normalized spacial score (nSPS) is 11.0. The maximum atomic E-state index is 11.8. The van der Waals surface area contributed by atoms with Crippen LogP contribution < -0.4 is 15.4 Å². The van der Waals surface area contributed by atoms with Gasteiger partial charge in [0.15, 0.2) is 5.96 Å². The monoisotopic (exact) mass is 520 g/mol. The summed E-state index contributed by atoms with van der Waals surface area (Å²) in [7, 11) is 5.11. The Balaban J connectivity index is 0.00000784. The lowest BCUT2D eigenvalue weighted by atomic mass is 10.1. The van der Waals surface area contributed by atoms with Crippen LogP contribution in [-0.4, -0.2) is 70.8 Å². The number of benzene rings is 1. The van der Waals surface area contributed by atoms with Crippen LogP contribution in [0.15, 0.2) is 29.3 Å². The summed E-state index contributed by atoms with van der Waals surface area (Å²) in [5.41, 5.74) is 1.20. The van der Waals surface area contributed by atoms with Crippen LogP contribution in [-0.2, 0) is 16.0 Å². The summed E-state index contributed by atoms with van der Waals surface area (Å²) in [6.07, 6.45) is 1.90. The molecule has 0 radical (unpaired) electrons. The van der Waals surface area contributed by atoms with E-state index in [2.05, 4.69) is 29.5 Å². The number of aliphatic imine (C=N–C) groups is 1. The van der Waals surface area contributed by atoms with Gasteiger partial charge in [0.1, 0.15) is 12.3 Å². The van der Waals surface area contributed by atoms with E-state index in [0.29, 0.717) is 31.6 Å². The number of rotatable bonds is 12. The van der Waals surface area contributed by atoms with Crippen LogP contribution >= 0.6 is 24.0 Å². The van der Waals surface area contributed by atoms with E-state index >= 15 is 0 Å². The second kappa shape index (κ2) is 16.3. The van der Waals surface area contributed by atoms with Gasteiger partial charge in [0.25, 0.3) is 0 Å². The van der Waals surface area contributed by atoms with Crippen LogP contribution in [0.5, 0.6) is 5.75 Å². The van der Waals surface area contributed by atoms with E-state index < -0.39 is 0 Å². The first kappa shape index (κ1) is 27.5. The molecule has 2 N–H and O–H groups in total. The summed E-state index contributed by atoms with van der Waals surface area (Å²) >= 11 is 0. The second-order valence-corrected chi connectivity index (χ2v) is 7.20. The van der Waals surface area contributed by atoms with E-state index in [1.807, 2.05) is 24.3 Å². The molecule has 1 amide bonds. The minimum Gasteiger partial charge on any atom is -0.497 e. The molecule has 29 heavy (non-hydrogen) atoms. The molecule has 0 saturated carbocycles. The Bertz CT molecular complexity index is 592. The molecule has 0 aromatic heterocycles. The molecule has 0 aliphatic heterocycles. The molecule has 0 aliphatic carbocycles. The summed E-state index contributed by atoms with van der Waals surface area (Å²) in [4.78, 5) is 17.7. The maximum Gasteiger partial charge on any atom is 0.243 e. The number of hydrogen-bond donors (Lipinski definition) is 2. The minimum absolute atomic E-state index is 0. The first-order valence-corrected chi connectivity index (χ1v) is 9.85. The smallest absolute Gasteiger partial charge is 0.243 e. The average molecular weight is 520 g/mol. The zero-order valence-corrected chi connectivity index (χ0v) is 20.7. The number of nitrogens with one attached hydrogen (secondary N) is 2. The number of hydrogen-bond acceptors (Lipinski definition) is 4. The number of halogens is 1. The number of carbonyl (C=O) groups is 1. The second-order valence-electron chi connectivity index (χ2n) is 7.20. The third kappa shape index (κ3) is 13.3. The summed E-state index contributed by atoms with van der Waals surface area (Å²) in [5.74, 6) is 2.07. The quantitative estimate of drug-likeness (QED) is 0.192. The standard InChI is InChI=1S/C21H36N4O3.HI/c1-17(2)11-14-28-15-13-23-21(24-16-20(26)25(3)4)22-12-10-18-6-8-19(27-5)9-7-18;/h6-9,17H,10-16H2,1-5H3,(H2,22,23,24);1H.